The summed E-state index contributed by atoms with van der Waals surface area (Å²) in [5.74, 6) is 0.0668. The maximum atomic E-state index is 12.4. The molecule has 0 saturated heterocycles. The van der Waals surface area contributed by atoms with Crippen molar-refractivity contribution in [3.05, 3.63) is 77.1 Å². The molecule has 1 aromatic carbocycles. The zero-order chi connectivity index (χ0) is 24.4. The van der Waals surface area contributed by atoms with Crippen LogP contribution in [0.25, 0.3) is 0 Å². The molecular formula is C26H26N4O5. The number of pyridine rings is 2. The number of aliphatic hydroxyl groups excluding tert-OH is 1. The molecule has 3 N–H and O–H groups in total. The first kappa shape index (κ1) is 22.8. The number of nitrogens with zero attached hydrogens (tertiary/aromatic N) is 2. The number of benzene rings is 1. The Labute approximate surface area is 202 Å². The maximum absolute atomic E-state index is 12.4. The van der Waals surface area contributed by atoms with Crippen LogP contribution in [0, 0.1) is 0 Å². The highest BCUT2D eigenvalue weighted by atomic mass is 16.6. The zero-order valence-electron chi connectivity index (χ0n) is 19.3. The Kier molecular flexibility index (Phi) is 6.08. The standard InChI is InChI=1S/C26H26N4O5/c1-34-24(32)18-14-27-22(13-19(18)28-20(15-31)16-7-3-2-4-8-16)29-21-10-9-17-23(30-21)26(35-25(17)33)11-5-6-12-26/h2-4,7-10,13-14,20,31H,5-6,11-12,15H2,1H3,(H2,27,28,29,30). The molecule has 1 unspecified atom stereocenters. The van der Waals surface area contributed by atoms with E-state index in [-0.39, 0.29) is 18.1 Å². The molecule has 1 saturated carbocycles. The number of ether oxygens (including phenoxy) is 2. The molecule has 1 spiro atoms. The number of aliphatic hydroxyl groups is 1. The Morgan fingerprint density at radius 3 is 2.66 bits per heavy atom. The summed E-state index contributed by atoms with van der Waals surface area (Å²) >= 11 is 0. The fourth-order valence-corrected chi connectivity index (χ4v) is 4.76. The van der Waals surface area contributed by atoms with E-state index in [4.69, 9.17) is 14.5 Å². The van der Waals surface area contributed by atoms with Gasteiger partial charge in [0.05, 0.1) is 31.0 Å². The Morgan fingerprint density at radius 1 is 1.17 bits per heavy atom. The summed E-state index contributed by atoms with van der Waals surface area (Å²) in [5, 5.41) is 16.4. The van der Waals surface area contributed by atoms with Gasteiger partial charge in [-0.25, -0.2) is 19.6 Å². The largest absolute Gasteiger partial charge is 0.465 e. The Hall–Kier alpha value is -3.98. The van der Waals surface area contributed by atoms with Crippen molar-refractivity contribution < 1.29 is 24.2 Å². The average Bonchev–Trinajstić information content (AvgIpc) is 3.47. The number of rotatable bonds is 7. The fraction of sp³-hybridized carbons (Fsp3) is 0.308. The molecule has 2 aromatic heterocycles. The second kappa shape index (κ2) is 9.34. The van der Waals surface area contributed by atoms with Gasteiger partial charge in [0.15, 0.2) is 5.60 Å². The van der Waals surface area contributed by atoms with Crippen LogP contribution in [-0.4, -0.2) is 40.7 Å². The zero-order valence-corrected chi connectivity index (χ0v) is 19.3. The van der Waals surface area contributed by atoms with Gasteiger partial charge < -0.3 is 25.2 Å². The van der Waals surface area contributed by atoms with E-state index in [1.807, 2.05) is 30.3 Å². The highest BCUT2D eigenvalue weighted by Gasteiger charge is 2.48. The van der Waals surface area contributed by atoms with Gasteiger partial charge in [0.1, 0.15) is 22.9 Å². The van der Waals surface area contributed by atoms with Gasteiger partial charge in [0.2, 0.25) is 0 Å². The summed E-state index contributed by atoms with van der Waals surface area (Å²) in [4.78, 5) is 33.8. The summed E-state index contributed by atoms with van der Waals surface area (Å²) in [6.45, 7) is -0.182. The van der Waals surface area contributed by atoms with Crippen molar-refractivity contribution in [3.63, 3.8) is 0 Å². The lowest BCUT2D eigenvalue weighted by Gasteiger charge is -2.22. The predicted molar refractivity (Wildman–Crippen MR) is 129 cm³/mol. The molecule has 1 aliphatic carbocycles. The van der Waals surface area contributed by atoms with Gasteiger partial charge in [-0.3, -0.25) is 0 Å². The molecule has 5 rings (SSSR count). The molecule has 0 amide bonds. The number of methoxy groups -OCH3 is 1. The minimum Gasteiger partial charge on any atom is -0.465 e. The normalized spacial score (nSPS) is 16.5. The number of fused-ring (bicyclic) bond motifs is 2. The maximum Gasteiger partial charge on any atom is 0.341 e. The molecule has 3 heterocycles. The number of hydrogen-bond donors (Lipinski definition) is 3. The van der Waals surface area contributed by atoms with Crippen LogP contribution in [0.5, 0.6) is 0 Å². The van der Waals surface area contributed by atoms with Crippen LogP contribution in [0.4, 0.5) is 17.3 Å². The number of nitrogens with one attached hydrogen (secondary N) is 2. The second-order valence-electron chi connectivity index (χ2n) is 8.71. The topological polar surface area (TPSA) is 123 Å². The molecule has 1 atom stereocenters. The first-order chi connectivity index (χ1) is 17.0. The minimum absolute atomic E-state index is 0.182. The van der Waals surface area contributed by atoms with E-state index < -0.39 is 17.6 Å². The molecule has 9 nitrogen and oxygen atoms in total. The monoisotopic (exact) mass is 474 g/mol. The van der Waals surface area contributed by atoms with E-state index in [9.17, 15) is 14.7 Å². The fourth-order valence-electron chi connectivity index (χ4n) is 4.76. The second-order valence-corrected chi connectivity index (χ2v) is 8.71. The molecule has 9 heteroatoms. The number of carbonyl (C=O) groups is 2. The van der Waals surface area contributed by atoms with E-state index in [1.165, 1.54) is 13.3 Å². The summed E-state index contributed by atoms with van der Waals surface area (Å²) in [6, 6.07) is 14.1. The van der Waals surface area contributed by atoms with Crippen molar-refractivity contribution in [1.82, 2.24) is 9.97 Å². The van der Waals surface area contributed by atoms with Crippen molar-refractivity contribution in [2.45, 2.75) is 37.3 Å². The predicted octanol–water partition coefficient (Wildman–Crippen LogP) is 4.09. The summed E-state index contributed by atoms with van der Waals surface area (Å²) in [6.07, 6.45) is 4.93. The Balaban J connectivity index is 1.45. The van der Waals surface area contributed by atoms with Crippen LogP contribution in [0.15, 0.2) is 54.7 Å². The third-order valence-corrected chi connectivity index (χ3v) is 6.53. The number of carbonyl (C=O) groups excluding carboxylic acids is 2. The lowest BCUT2D eigenvalue weighted by Crippen LogP contribution is -2.23. The quantitative estimate of drug-likeness (QED) is 0.435. The van der Waals surface area contributed by atoms with Gasteiger partial charge in [-0.1, -0.05) is 30.3 Å². The molecule has 180 valence electrons. The van der Waals surface area contributed by atoms with Crippen molar-refractivity contribution in [2.75, 3.05) is 24.4 Å². The molecule has 0 bridgehead atoms. The van der Waals surface area contributed by atoms with Crippen LogP contribution in [0.3, 0.4) is 0 Å². The number of aromatic nitrogens is 2. The highest BCUT2D eigenvalue weighted by molar-refractivity contribution is 5.96. The van der Waals surface area contributed by atoms with Crippen molar-refractivity contribution in [2.24, 2.45) is 0 Å². The van der Waals surface area contributed by atoms with Gasteiger partial charge in [0.25, 0.3) is 0 Å². The summed E-state index contributed by atoms with van der Waals surface area (Å²) in [7, 11) is 1.30. The van der Waals surface area contributed by atoms with Crippen LogP contribution in [0.1, 0.15) is 63.7 Å². The summed E-state index contributed by atoms with van der Waals surface area (Å²) in [5.41, 5.74) is 2.08. The average molecular weight is 475 g/mol. The SMILES string of the molecule is COC(=O)c1cnc(Nc2ccc3c(n2)C2(CCCC2)OC3=O)cc1NC(CO)c1ccccc1. The van der Waals surface area contributed by atoms with Gasteiger partial charge in [-0.15, -0.1) is 0 Å². The molecule has 1 fully saturated rings. The van der Waals surface area contributed by atoms with E-state index in [0.717, 1.165) is 31.2 Å². The van der Waals surface area contributed by atoms with Gasteiger partial charge >= 0.3 is 11.9 Å². The Morgan fingerprint density at radius 2 is 1.94 bits per heavy atom. The van der Waals surface area contributed by atoms with Gasteiger partial charge in [0, 0.05) is 12.3 Å². The van der Waals surface area contributed by atoms with E-state index in [2.05, 4.69) is 15.6 Å². The number of anilines is 3. The van der Waals surface area contributed by atoms with Crippen LogP contribution < -0.4 is 10.6 Å². The first-order valence-electron chi connectivity index (χ1n) is 11.6. The lowest BCUT2D eigenvalue weighted by atomic mass is 9.96. The smallest absolute Gasteiger partial charge is 0.341 e. The third-order valence-electron chi connectivity index (χ3n) is 6.53. The first-order valence-corrected chi connectivity index (χ1v) is 11.6. The molecule has 1 aliphatic heterocycles. The molecule has 0 radical (unpaired) electrons. The van der Waals surface area contributed by atoms with Gasteiger partial charge in [-0.05, 0) is 43.4 Å². The molecule has 2 aliphatic rings. The van der Waals surface area contributed by atoms with Crippen molar-refractivity contribution in [1.29, 1.82) is 0 Å². The van der Waals surface area contributed by atoms with E-state index in [0.29, 0.717) is 28.6 Å². The third kappa shape index (κ3) is 4.30. The lowest BCUT2D eigenvalue weighted by molar-refractivity contribution is -0.00634. The molecular weight excluding hydrogens is 448 g/mol. The number of esters is 2. The number of hydrogen-bond acceptors (Lipinski definition) is 9. The van der Waals surface area contributed by atoms with Crippen LogP contribution >= 0.6 is 0 Å². The van der Waals surface area contributed by atoms with Gasteiger partial charge in [-0.2, -0.15) is 0 Å². The van der Waals surface area contributed by atoms with Crippen molar-refractivity contribution >= 4 is 29.3 Å². The van der Waals surface area contributed by atoms with Crippen LogP contribution in [-0.2, 0) is 15.1 Å². The minimum atomic E-state index is -0.636. The molecule has 35 heavy (non-hydrogen) atoms. The summed E-state index contributed by atoms with van der Waals surface area (Å²) < 4.78 is 10.6. The van der Waals surface area contributed by atoms with Crippen molar-refractivity contribution in [3.8, 4) is 0 Å². The van der Waals surface area contributed by atoms with E-state index in [1.54, 1.807) is 18.2 Å². The molecule has 3 aromatic rings. The van der Waals surface area contributed by atoms with E-state index >= 15 is 0 Å². The Bertz CT molecular complexity index is 1260. The highest BCUT2D eigenvalue weighted by Crippen LogP contribution is 2.47. The van der Waals surface area contributed by atoms with Crippen LogP contribution in [0.2, 0.25) is 0 Å².